The zero-order valence-electron chi connectivity index (χ0n) is 8.82. The fourth-order valence-electron chi connectivity index (χ4n) is 3.20. The Bertz CT molecular complexity index is 441. The van der Waals surface area contributed by atoms with Crippen molar-refractivity contribution in [1.29, 1.82) is 0 Å². The number of benzene rings is 1. The topological polar surface area (TPSA) is 43.1 Å². The number of rotatable bonds is 2. The molecule has 2 bridgehead atoms. The van der Waals surface area contributed by atoms with E-state index >= 15 is 0 Å². The molecule has 0 aromatic heterocycles. The van der Waals surface area contributed by atoms with Crippen molar-refractivity contribution >= 4 is 0 Å². The van der Waals surface area contributed by atoms with Crippen LogP contribution >= 0.6 is 0 Å². The monoisotopic (exact) mass is 215 g/mol. The normalized spacial score (nSPS) is 35.5. The Kier molecular flexibility index (Phi) is 2.06. The molecular weight excluding hydrogens is 202 g/mol. The summed E-state index contributed by atoms with van der Waals surface area (Å²) in [6, 6.07) is 9.47. The number of hydrogen-bond acceptors (Lipinski definition) is 2. The highest BCUT2D eigenvalue weighted by molar-refractivity contribution is 5.29. The predicted octanol–water partition coefficient (Wildman–Crippen LogP) is 2.62. The smallest absolute Gasteiger partial charge is 0.226 e. The van der Waals surface area contributed by atoms with Crippen LogP contribution in [-0.4, -0.2) is 11.0 Å². The van der Waals surface area contributed by atoms with E-state index in [0.717, 1.165) is 12.0 Å². The van der Waals surface area contributed by atoms with E-state index in [-0.39, 0.29) is 16.8 Å². The quantitative estimate of drug-likeness (QED) is 0.432. The van der Waals surface area contributed by atoms with Gasteiger partial charge in [0.1, 0.15) is 0 Å². The fraction of sp³-hybridized carbons (Fsp3) is 0.385. The maximum absolute atomic E-state index is 11.1. The maximum Gasteiger partial charge on any atom is 0.226 e. The second kappa shape index (κ2) is 3.44. The van der Waals surface area contributed by atoms with Crippen molar-refractivity contribution < 1.29 is 4.92 Å². The molecule has 0 saturated heterocycles. The molecule has 1 aromatic carbocycles. The minimum Gasteiger partial charge on any atom is -0.264 e. The molecule has 2 aliphatic carbocycles. The van der Waals surface area contributed by atoms with Gasteiger partial charge in [-0.05, 0) is 17.9 Å². The van der Waals surface area contributed by atoms with E-state index in [0.29, 0.717) is 5.92 Å². The third-order valence-electron chi connectivity index (χ3n) is 3.85. The Balaban J connectivity index is 2.00. The lowest BCUT2D eigenvalue weighted by Crippen LogP contribution is -2.31. The van der Waals surface area contributed by atoms with Crippen LogP contribution in [0.15, 0.2) is 42.5 Å². The van der Waals surface area contributed by atoms with Gasteiger partial charge in [-0.25, -0.2) is 0 Å². The van der Waals surface area contributed by atoms with Gasteiger partial charge >= 0.3 is 0 Å². The fourth-order valence-corrected chi connectivity index (χ4v) is 3.20. The largest absolute Gasteiger partial charge is 0.264 e. The molecule has 82 valence electrons. The molecule has 1 aromatic rings. The lowest BCUT2D eigenvalue weighted by molar-refractivity contribution is -0.530. The lowest BCUT2D eigenvalue weighted by Gasteiger charge is -2.21. The van der Waals surface area contributed by atoms with Crippen molar-refractivity contribution in [3.05, 3.63) is 58.2 Å². The van der Waals surface area contributed by atoms with Gasteiger partial charge in [-0.3, -0.25) is 10.1 Å². The summed E-state index contributed by atoms with van der Waals surface area (Å²) in [4.78, 5) is 11.1. The highest BCUT2D eigenvalue weighted by Crippen LogP contribution is 2.49. The molecule has 0 spiro atoms. The molecule has 0 unspecified atom stereocenters. The van der Waals surface area contributed by atoms with E-state index in [1.54, 1.807) is 0 Å². The van der Waals surface area contributed by atoms with Gasteiger partial charge in [0.2, 0.25) is 6.04 Å². The van der Waals surface area contributed by atoms with Crippen LogP contribution in [0.4, 0.5) is 0 Å². The molecule has 2 aliphatic rings. The second-order valence-corrected chi connectivity index (χ2v) is 4.66. The zero-order chi connectivity index (χ0) is 11.1. The number of hydrogen-bond donors (Lipinski definition) is 0. The summed E-state index contributed by atoms with van der Waals surface area (Å²) in [6.07, 6.45) is 5.13. The molecule has 0 N–H and O–H groups in total. The Hall–Kier alpha value is -1.64. The van der Waals surface area contributed by atoms with Gasteiger partial charge in [0.15, 0.2) is 0 Å². The molecule has 0 radical (unpaired) electrons. The van der Waals surface area contributed by atoms with E-state index < -0.39 is 6.04 Å². The summed E-state index contributed by atoms with van der Waals surface area (Å²) in [5, 5.41) is 11.1. The number of nitrogens with zero attached hydrogens (tertiary/aromatic N) is 1. The summed E-state index contributed by atoms with van der Waals surface area (Å²) in [7, 11) is 0. The van der Waals surface area contributed by atoms with Gasteiger partial charge in [-0.2, -0.15) is 0 Å². The van der Waals surface area contributed by atoms with Crippen LogP contribution in [0.5, 0.6) is 0 Å². The van der Waals surface area contributed by atoms with Crippen molar-refractivity contribution in [3.8, 4) is 0 Å². The molecule has 0 amide bonds. The van der Waals surface area contributed by atoms with Crippen LogP contribution < -0.4 is 0 Å². The first-order valence-corrected chi connectivity index (χ1v) is 5.64. The molecule has 3 heteroatoms. The lowest BCUT2D eigenvalue weighted by atomic mass is 9.83. The average Bonchev–Trinajstić information content (AvgIpc) is 2.89. The first kappa shape index (κ1) is 9.58. The Morgan fingerprint density at radius 2 is 1.81 bits per heavy atom. The Morgan fingerprint density at radius 3 is 2.50 bits per heavy atom. The second-order valence-electron chi connectivity index (χ2n) is 4.66. The molecule has 0 aliphatic heterocycles. The summed E-state index contributed by atoms with van der Waals surface area (Å²) >= 11 is 0. The SMILES string of the molecule is O=[N+]([O-])[C@@H]1[C@H](c2ccccc2)[C@H]2C=C[C@H]1C2. The zero-order valence-corrected chi connectivity index (χ0v) is 8.82. The minimum absolute atomic E-state index is 0.0752. The highest BCUT2D eigenvalue weighted by atomic mass is 16.6. The van der Waals surface area contributed by atoms with E-state index in [1.807, 2.05) is 36.4 Å². The minimum atomic E-state index is -0.419. The van der Waals surface area contributed by atoms with Gasteiger partial charge in [-0.1, -0.05) is 42.5 Å². The van der Waals surface area contributed by atoms with Gasteiger partial charge in [-0.15, -0.1) is 0 Å². The summed E-state index contributed by atoms with van der Waals surface area (Å²) in [5.41, 5.74) is 1.11. The van der Waals surface area contributed by atoms with Crippen molar-refractivity contribution in [2.24, 2.45) is 11.8 Å². The van der Waals surface area contributed by atoms with E-state index in [1.165, 1.54) is 0 Å². The number of allylic oxidation sites excluding steroid dienone is 1. The molecule has 0 heterocycles. The van der Waals surface area contributed by atoms with Gasteiger partial charge < -0.3 is 0 Å². The summed E-state index contributed by atoms with van der Waals surface area (Å²) < 4.78 is 0. The molecule has 3 rings (SSSR count). The molecule has 4 atom stereocenters. The Morgan fingerprint density at radius 1 is 1.12 bits per heavy atom. The average molecular weight is 215 g/mol. The van der Waals surface area contributed by atoms with Crippen LogP contribution in [0.25, 0.3) is 0 Å². The van der Waals surface area contributed by atoms with Crippen LogP contribution in [0.3, 0.4) is 0 Å². The van der Waals surface area contributed by atoms with E-state index in [2.05, 4.69) is 6.08 Å². The van der Waals surface area contributed by atoms with Crippen molar-refractivity contribution in [2.45, 2.75) is 18.4 Å². The molecule has 1 fully saturated rings. The molecule has 1 saturated carbocycles. The van der Waals surface area contributed by atoms with Crippen molar-refractivity contribution in [1.82, 2.24) is 0 Å². The van der Waals surface area contributed by atoms with Gasteiger partial charge in [0.25, 0.3) is 0 Å². The van der Waals surface area contributed by atoms with Crippen LogP contribution in [0.1, 0.15) is 17.9 Å². The highest BCUT2D eigenvalue weighted by Gasteiger charge is 2.52. The van der Waals surface area contributed by atoms with Crippen LogP contribution in [0, 0.1) is 22.0 Å². The molecule has 3 nitrogen and oxygen atoms in total. The van der Waals surface area contributed by atoms with E-state index in [4.69, 9.17) is 0 Å². The molecule has 16 heavy (non-hydrogen) atoms. The van der Waals surface area contributed by atoms with Crippen LogP contribution in [0.2, 0.25) is 0 Å². The van der Waals surface area contributed by atoms with Crippen molar-refractivity contribution in [2.75, 3.05) is 0 Å². The van der Waals surface area contributed by atoms with Crippen molar-refractivity contribution in [3.63, 3.8) is 0 Å². The van der Waals surface area contributed by atoms with E-state index in [9.17, 15) is 10.1 Å². The number of fused-ring (bicyclic) bond motifs is 2. The van der Waals surface area contributed by atoms with Gasteiger partial charge in [0, 0.05) is 10.8 Å². The Labute approximate surface area is 93.9 Å². The number of nitro groups is 1. The third kappa shape index (κ3) is 1.28. The first-order chi connectivity index (χ1) is 7.77. The first-order valence-electron chi connectivity index (χ1n) is 5.64. The predicted molar refractivity (Wildman–Crippen MR) is 60.7 cm³/mol. The third-order valence-corrected chi connectivity index (χ3v) is 3.85. The maximum atomic E-state index is 11.1. The summed E-state index contributed by atoms with van der Waals surface area (Å²) in [5.74, 6) is 0.583. The standard InChI is InChI=1S/C13H13NO2/c15-14(16)13-11-7-6-10(8-11)12(13)9-4-2-1-3-5-9/h1-7,10-13H,8H2/t10-,11-,12+,13-/m0/s1. The molecular formula is C13H13NO2. The van der Waals surface area contributed by atoms with Crippen LogP contribution in [-0.2, 0) is 0 Å². The van der Waals surface area contributed by atoms with Gasteiger partial charge in [0.05, 0.1) is 5.92 Å². The summed E-state index contributed by atoms with van der Waals surface area (Å²) in [6.45, 7) is 0.